The smallest absolute Gasteiger partial charge is 0.0947 e. The summed E-state index contributed by atoms with van der Waals surface area (Å²) in [5.41, 5.74) is 1.97. The quantitative estimate of drug-likeness (QED) is 0.872. The lowest BCUT2D eigenvalue weighted by Gasteiger charge is -2.37. The van der Waals surface area contributed by atoms with Crippen molar-refractivity contribution in [3.8, 4) is 0 Å². The third-order valence-corrected chi connectivity index (χ3v) is 4.79. The van der Waals surface area contributed by atoms with Crippen LogP contribution in [0.2, 0.25) is 0 Å². The number of furan rings is 1. The molecule has 0 aromatic carbocycles. The van der Waals surface area contributed by atoms with E-state index in [0.29, 0.717) is 5.41 Å². The van der Waals surface area contributed by atoms with Gasteiger partial charge in [-0.15, -0.1) is 0 Å². The molecule has 1 aromatic rings. The van der Waals surface area contributed by atoms with Gasteiger partial charge in [-0.1, -0.05) is 0 Å². The average molecular weight is 248 g/mol. The monoisotopic (exact) mass is 248 g/mol. The first-order valence-electron chi connectivity index (χ1n) is 7.31. The first-order valence-corrected chi connectivity index (χ1v) is 7.31. The number of hydrogen-bond acceptors (Lipinski definition) is 3. The molecule has 0 unspecified atom stereocenters. The van der Waals surface area contributed by atoms with Gasteiger partial charge < -0.3 is 9.73 Å². The molecule has 2 fully saturated rings. The van der Waals surface area contributed by atoms with Crippen molar-refractivity contribution in [1.29, 1.82) is 0 Å². The molecule has 100 valence electrons. The van der Waals surface area contributed by atoms with E-state index in [1.807, 2.05) is 6.26 Å². The number of hydrogen-bond donors (Lipinski definition) is 1. The van der Waals surface area contributed by atoms with Crippen LogP contribution in [0.1, 0.15) is 37.7 Å². The Morgan fingerprint density at radius 2 is 2.06 bits per heavy atom. The Morgan fingerprint density at radius 3 is 2.83 bits per heavy atom. The Hall–Kier alpha value is -0.800. The molecule has 2 aliphatic rings. The van der Waals surface area contributed by atoms with E-state index >= 15 is 0 Å². The Kier molecular flexibility index (Phi) is 3.71. The molecule has 0 saturated carbocycles. The number of likely N-dealkylation sites (tertiary alicyclic amines) is 1. The van der Waals surface area contributed by atoms with Gasteiger partial charge in [-0.2, -0.15) is 0 Å². The van der Waals surface area contributed by atoms with Crippen LogP contribution >= 0.6 is 0 Å². The lowest BCUT2D eigenvalue weighted by atomic mass is 9.73. The van der Waals surface area contributed by atoms with Crippen molar-refractivity contribution < 1.29 is 4.42 Å². The summed E-state index contributed by atoms with van der Waals surface area (Å²) in [5.74, 6) is 0. The topological polar surface area (TPSA) is 28.4 Å². The van der Waals surface area contributed by atoms with Crippen molar-refractivity contribution in [2.75, 3.05) is 26.2 Å². The molecule has 3 heteroatoms. The summed E-state index contributed by atoms with van der Waals surface area (Å²) in [7, 11) is 0. The van der Waals surface area contributed by atoms with Gasteiger partial charge >= 0.3 is 0 Å². The van der Waals surface area contributed by atoms with Crippen LogP contribution in [-0.2, 0) is 6.54 Å². The SMILES string of the molecule is c1cc(CN2CCCC3(CCNCC3)CC2)co1. The van der Waals surface area contributed by atoms with Crippen molar-refractivity contribution in [2.24, 2.45) is 5.41 Å². The second-order valence-electron chi connectivity index (χ2n) is 6.01. The third kappa shape index (κ3) is 2.78. The van der Waals surface area contributed by atoms with Crippen molar-refractivity contribution >= 4 is 0 Å². The molecule has 1 spiro atoms. The zero-order valence-electron chi connectivity index (χ0n) is 11.2. The van der Waals surface area contributed by atoms with Crippen molar-refractivity contribution in [2.45, 2.75) is 38.6 Å². The molecule has 0 amide bonds. The summed E-state index contributed by atoms with van der Waals surface area (Å²) in [6.45, 7) is 6.01. The van der Waals surface area contributed by atoms with Crippen molar-refractivity contribution in [3.63, 3.8) is 0 Å². The van der Waals surface area contributed by atoms with E-state index in [2.05, 4.69) is 16.3 Å². The fourth-order valence-corrected chi connectivity index (χ4v) is 3.57. The molecule has 2 saturated heterocycles. The maximum atomic E-state index is 5.16. The summed E-state index contributed by atoms with van der Waals surface area (Å²) in [5, 5.41) is 3.50. The van der Waals surface area contributed by atoms with Crippen LogP contribution in [-0.4, -0.2) is 31.1 Å². The van der Waals surface area contributed by atoms with E-state index in [1.165, 1.54) is 63.8 Å². The van der Waals surface area contributed by atoms with Gasteiger partial charge in [0.05, 0.1) is 12.5 Å². The summed E-state index contributed by atoms with van der Waals surface area (Å²) >= 11 is 0. The third-order valence-electron chi connectivity index (χ3n) is 4.79. The molecule has 0 aliphatic carbocycles. The van der Waals surface area contributed by atoms with Crippen LogP contribution in [0.25, 0.3) is 0 Å². The minimum absolute atomic E-state index is 0.649. The van der Waals surface area contributed by atoms with Crippen LogP contribution < -0.4 is 5.32 Å². The number of nitrogens with zero attached hydrogens (tertiary/aromatic N) is 1. The number of nitrogens with one attached hydrogen (secondary N) is 1. The normalized spacial score (nSPS) is 25.1. The van der Waals surface area contributed by atoms with Crippen LogP contribution in [0.5, 0.6) is 0 Å². The molecule has 0 bridgehead atoms. The van der Waals surface area contributed by atoms with Gasteiger partial charge in [0.25, 0.3) is 0 Å². The first-order chi connectivity index (χ1) is 8.86. The zero-order valence-corrected chi connectivity index (χ0v) is 11.2. The Balaban J connectivity index is 1.57. The number of rotatable bonds is 2. The molecule has 0 radical (unpaired) electrons. The minimum atomic E-state index is 0.649. The van der Waals surface area contributed by atoms with Gasteiger partial charge in [0.2, 0.25) is 0 Å². The average Bonchev–Trinajstić information content (AvgIpc) is 2.83. The van der Waals surface area contributed by atoms with E-state index < -0.39 is 0 Å². The van der Waals surface area contributed by atoms with E-state index in [9.17, 15) is 0 Å². The highest BCUT2D eigenvalue weighted by atomic mass is 16.3. The van der Waals surface area contributed by atoms with Crippen LogP contribution in [0.3, 0.4) is 0 Å². The van der Waals surface area contributed by atoms with Crippen LogP contribution in [0.4, 0.5) is 0 Å². The Labute approximate surface area is 110 Å². The maximum absolute atomic E-state index is 5.16. The molecule has 3 heterocycles. The van der Waals surface area contributed by atoms with Crippen molar-refractivity contribution in [1.82, 2.24) is 10.2 Å². The van der Waals surface area contributed by atoms with Crippen molar-refractivity contribution in [3.05, 3.63) is 24.2 Å². The molecule has 1 N–H and O–H groups in total. The highest BCUT2D eigenvalue weighted by Crippen LogP contribution is 2.39. The van der Waals surface area contributed by atoms with Gasteiger partial charge in [0.15, 0.2) is 0 Å². The van der Waals surface area contributed by atoms with E-state index in [0.717, 1.165) is 6.54 Å². The van der Waals surface area contributed by atoms with Crippen LogP contribution in [0.15, 0.2) is 23.0 Å². The minimum Gasteiger partial charge on any atom is -0.472 e. The predicted molar refractivity (Wildman–Crippen MR) is 72.4 cm³/mol. The molecule has 1 aromatic heterocycles. The fraction of sp³-hybridized carbons (Fsp3) is 0.733. The fourth-order valence-electron chi connectivity index (χ4n) is 3.57. The molecular weight excluding hydrogens is 224 g/mol. The summed E-state index contributed by atoms with van der Waals surface area (Å²) in [6, 6.07) is 2.09. The largest absolute Gasteiger partial charge is 0.472 e. The standard InChI is InChI=1S/C15H24N2O/c1-3-15(4-7-16-8-5-15)6-10-17(9-1)12-14-2-11-18-13-14/h2,11,13,16H,1,3-10,12H2. The summed E-state index contributed by atoms with van der Waals surface area (Å²) < 4.78 is 5.16. The predicted octanol–water partition coefficient (Wildman–Crippen LogP) is 2.64. The highest BCUT2D eigenvalue weighted by Gasteiger charge is 2.33. The molecule has 3 rings (SSSR count). The molecular formula is C15H24N2O. The lowest BCUT2D eigenvalue weighted by molar-refractivity contribution is 0.167. The van der Waals surface area contributed by atoms with Crippen LogP contribution in [0, 0.1) is 5.41 Å². The van der Waals surface area contributed by atoms with Gasteiger partial charge in [0.1, 0.15) is 0 Å². The Bertz CT molecular complexity index is 355. The maximum Gasteiger partial charge on any atom is 0.0947 e. The lowest BCUT2D eigenvalue weighted by Crippen LogP contribution is -2.37. The highest BCUT2D eigenvalue weighted by molar-refractivity contribution is 5.05. The second kappa shape index (κ2) is 5.45. The second-order valence-corrected chi connectivity index (χ2v) is 6.01. The van der Waals surface area contributed by atoms with Gasteiger partial charge in [0, 0.05) is 12.1 Å². The van der Waals surface area contributed by atoms with E-state index in [-0.39, 0.29) is 0 Å². The van der Waals surface area contributed by atoms with Gasteiger partial charge in [-0.3, -0.25) is 4.90 Å². The number of piperidine rings is 1. The molecule has 18 heavy (non-hydrogen) atoms. The van der Waals surface area contributed by atoms with E-state index in [1.54, 1.807) is 6.26 Å². The molecule has 2 aliphatic heterocycles. The van der Waals surface area contributed by atoms with Gasteiger partial charge in [-0.25, -0.2) is 0 Å². The Morgan fingerprint density at radius 1 is 1.17 bits per heavy atom. The van der Waals surface area contributed by atoms with Gasteiger partial charge in [-0.05, 0) is 69.8 Å². The zero-order chi connectivity index (χ0) is 12.3. The molecule has 0 atom stereocenters. The summed E-state index contributed by atoms with van der Waals surface area (Å²) in [6.07, 6.45) is 10.6. The molecule has 3 nitrogen and oxygen atoms in total. The summed E-state index contributed by atoms with van der Waals surface area (Å²) in [4.78, 5) is 2.60. The first kappa shape index (κ1) is 12.2. The van der Waals surface area contributed by atoms with E-state index in [4.69, 9.17) is 4.42 Å².